The van der Waals surface area contributed by atoms with Gasteiger partial charge in [-0.3, -0.25) is 0 Å². The molecule has 1 aliphatic heterocycles. The molecule has 1 fully saturated rings. The summed E-state index contributed by atoms with van der Waals surface area (Å²) < 4.78 is 27.5. The Morgan fingerprint density at radius 1 is 1.39 bits per heavy atom. The smallest absolute Gasteiger partial charge is 0.407 e. The van der Waals surface area contributed by atoms with E-state index in [0.29, 0.717) is 5.56 Å². The molecule has 1 saturated heterocycles. The summed E-state index contributed by atoms with van der Waals surface area (Å²) in [6, 6.07) is 5.89. The lowest BCUT2D eigenvalue weighted by molar-refractivity contribution is 0.0574. The Labute approximate surface area is 104 Å². The van der Waals surface area contributed by atoms with Crippen LogP contribution in [0.25, 0.3) is 0 Å². The molecule has 0 unspecified atom stereocenters. The number of likely N-dealkylation sites (tertiary alicyclic amines) is 1. The standard InChI is InChI=1S/C13H15F2NO2/c14-11-3-1-2-10(8-11)9-13(15)4-6-16(7-5-13)12(17)18/h1-3,8H,4-7,9H2,(H,17,18). The fourth-order valence-corrected chi connectivity index (χ4v) is 2.29. The first-order chi connectivity index (χ1) is 8.48. The number of benzene rings is 1. The van der Waals surface area contributed by atoms with Gasteiger partial charge in [-0.05, 0) is 30.5 Å². The van der Waals surface area contributed by atoms with Crippen LogP contribution in [0, 0.1) is 5.82 Å². The number of hydrogen-bond acceptors (Lipinski definition) is 1. The van der Waals surface area contributed by atoms with E-state index in [1.54, 1.807) is 12.1 Å². The molecule has 3 nitrogen and oxygen atoms in total. The molecule has 0 spiro atoms. The summed E-state index contributed by atoms with van der Waals surface area (Å²) >= 11 is 0. The van der Waals surface area contributed by atoms with Crippen molar-refractivity contribution in [2.24, 2.45) is 0 Å². The monoisotopic (exact) mass is 255 g/mol. The summed E-state index contributed by atoms with van der Waals surface area (Å²) in [6.07, 6.45) is -0.549. The molecule has 0 radical (unpaired) electrons. The van der Waals surface area contributed by atoms with Crippen molar-refractivity contribution in [2.45, 2.75) is 24.9 Å². The summed E-state index contributed by atoms with van der Waals surface area (Å²) in [7, 11) is 0. The van der Waals surface area contributed by atoms with Crippen molar-refractivity contribution in [1.82, 2.24) is 4.90 Å². The van der Waals surface area contributed by atoms with Gasteiger partial charge in [-0.1, -0.05) is 12.1 Å². The number of piperidine rings is 1. The van der Waals surface area contributed by atoms with E-state index in [1.165, 1.54) is 17.0 Å². The number of carboxylic acid groups (broad SMARTS) is 1. The fourth-order valence-electron chi connectivity index (χ4n) is 2.29. The van der Waals surface area contributed by atoms with Crippen LogP contribution >= 0.6 is 0 Å². The van der Waals surface area contributed by atoms with Gasteiger partial charge in [0.1, 0.15) is 11.5 Å². The zero-order chi connectivity index (χ0) is 13.2. The van der Waals surface area contributed by atoms with Crippen molar-refractivity contribution in [3.05, 3.63) is 35.6 Å². The van der Waals surface area contributed by atoms with E-state index in [2.05, 4.69) is 0 Å². The van der Waals surface area contributed by atoms with Crippen LogP contribution in [-0.4, -0.2) is 34.9 Å². The maximum absolute atomic E-state index is 14.5. The Hall–Kier alpha value is -1.65. The number of nitrogens with zero attached hydrogens (tertiary/aromatic N) is 1. The number of rotatable bonds is 2. The molecule has 1 amide bonds. The maximum Gasteiger partial charge on any atom is 0.407 e. The van der Waals surface area contributed by atoms with Crippen LogP contribution in [0.1, 0.15) is 18.4 Å². The molecular weight excluding hydrogens is 240 g/mol. The SMILES string of the molecule is O=C(O)N1CCC(F)(Cc2cccc(F)c2)CC1. The third-order valence-electron chi connectivity index (χ3n) is 3.34. The summed E-state index contributed by atoms with van der Waals surface area (Å²) in [5, 5.41) is 8.79. The van der Waals surface area contributed by atoms with Crippen molar-refractivity contribution in [3.63, 3.8) is 0 Å². The van der Waals surface area contributed by atoms with Crippen molar-refractivity contribution in [2.75, 3.05) is 13.1 Å². The van der Waals surface area contributed by atoms with Crippen molar-refractivity contribution in [3.8, 4) is 0 Å². The van der Waals surface area contributed by atoms with Crippen LogP contribution in [-0.2, 0) is 6.42 Å². The van der Waals surface area contributed by atoms with E-state index in [4.69, 9.17) is 5.11 Å². The van der Waals surface area contributed by atoms with Gasteiger partial charge in [-0.15, -0.1) is 0 Å². The van der Waals surface area contributed by atoms with Crippen LogP contribution in [0.2, 0.25) is 0 Å². The molecule has 1 aromatic carbocycles. The van der Waals surface area contributed by atoms with Gasteiger partial charge in [0.2, 0.25) is 0 Å². The van der Waals surface area contributed by atoms with E-state index in [0.717, 1.165) is 0 Å². The topological polar surface area (TPSA) is 40.5 Å². The molecular formula is C13H15F2NO2. The minimum atomic E-state index is -1.43. The highest BCUT2D eigenvalue weighted by Gasteiger charge is 2.36. The number of hydrogen-bond donors (Lipinski definition) is 1. The average Bonchev–Trinajstić information content (AvgIpc) is 2.29. The van der Waals surface area contributed by atoms with Gasteiger partial charge in [-0.2, -0.15) is 0 Å². The van der Waals surface area contributed by atoms with E-state index >= 15 is 0 Å². The Bertz CT molecular complexity index is 442. The van der Waals surface area contributed by atoms with E-state index < -0.39 is 11.8 Å². The third-order valence-corrected chi connectivity index (χ3v) is 3.34. The van der Waals surface area contributed by atoms with Crippen LogP contribution in [0.3, 0.4) is 0 Å². The van der Waals surface area contributed by atoms with E-state index in [-0.39, 0.29) is 38.2 Å². The first kappa shape index (κ1) is 12.8. The minimum absolute atomic E-state index is 0.137. The maximum atomic E-state index is 14.5. The molecule has 0 aliphatic carbocycles. The van der Waals surface area contributed by atoms with Crippen molar-refractivity contribution in [1.29, 1.82) is 0 Å². The molecule has 1 aliphatic rings. The molecule has 1 N–H and O–H groups in total. The average molecular weight is 255 g/mol. The number of alkyl halides is 1. The number of amides is 1. The van der Waals surface area contributed by atoms with Gasteiger partial charge in [0, 0.05) is 19.5 Å². The molecule has 0 aromatic heterocycles. The largest absolute Gasteiger partial charge is 0.465 e. The molecule has 98 valence electrons. The lowest BCUT2D eigenvalue weighted by Gasteiger charge is -2.35. The molecule has 2 rings (SSSR count). The minimum Gasteiger partial charge on any atom is -0.465 e. The lowest BCUT2D eigenvalue weighted by atomic mass is 9.87. The van der Waals surface area contributed by atoms with E-state index in [1.807, 2.05) is 0 Å². The van der Waals surface area contributed by atoms with Crippen LogP contribution < -0.4 is 0 Å². The second-order valence-corrected chi connectivity index (χ2v) is 4.73. The molecule has 18 heavy (non-hydrogen) atoms. The van der Waals surface area contributed by atoms with Gasteiger partial charge in [0.15, 0.2) is 0 Å². The highest BCUT2D eigenvalue weighted by molar-refractivity contribution is 5.65. The van der Waals surface area contributed by atoms with Gasteiger partial charge in [0.05, 0.1) is 0 Å². The zero-order valence-electron chi connectivity index (χ0n) is 9.90. The Morgan fingerprint density at radius 3 is 2.61 bits per heavy atom. The van der Waals surface area contributed by atoms with Crippen LogP contribution in [0.4, 0.5) is 13.6 Å². The highest BCUT2D eigenvalue weighted by atomic mass is 19.1. The summed E-state index contributed by atoms with van der Waals surface area (Å²) in [4.78, 5) is 11.9. The molecule has 0 saturated carbocycles. The lowest BCUT2D eigenvalue weighted by Crippen LogP contribution is -2.45. The third kappa shape index (κ3) is 2.97. The summed E-state index contributed by atoms with van der Waals surface area (Å²) in [5.74, 6) is -0.376. The van der Waals surface area contributed by atoms with Gasteiger partial charge in [0.25, 0.3) is 0 Å². The number of carbonyl (C=O) groups is 1. The quantitative estimate of drug-likeness (QED) is 0.882. The Balaban J connectivity index is 1.99. The molecule has 1 aromatic rings. The Kier molecular flexibility index (Phi) is 3.50. The van der Waals surface area contributed by atoms with Gasteiger partial charge in [-0.25, -0.2) is 13.6 Å². The van der Waals surface area contributed by atoms with Crippen LogP contribution in [0.5, 0.6) is 0 Å². The summed E-state index contributed by atoms with van der Waals surface area (Å²) in [5.41, 5.74) is -0.819. The first-order valence-corrected chi connectivity index (χ1v) is 5.90. The number of halogens is 2. The molecule has 0 bridgehead atoms. The molecule has 0 atom stereocenters. The van der Waals surface area contributed by atoms with Crippen molar-refractivity contribution >= 4 is 6.09 Å². The predicted molar refractivity (Wildman–Crippen MR) is 62.8 cm³/mol. The molecule has 1 heterocycles. The first-order valence-electron chi connectivity index (χ1n) is 5.90. The predicted octanol–water partition coefficient (Wildman–Crippen LogP) is 2.85. The Morgan fingerprint density at radius 2 is 2.06 bits per heavy atom. The van der Waals surface area contributed by atoms with Crippen LogP contribution in [0.15, 0.2) is 24.3 Å². The second kappa shape index (κ2) is 4.92. The van der Waals surface area contributed by atoms with Gasteiger partial charge >= 0.3 is 6.09 Å². The normalized spacial score (nSPS) is 18.7. The van der Waals surface area contributed by atoms with E-state index in [9.17, 15) is 13.6 Å². The fraction of sp³-hybridized carbons (Fsp3) is 0.462. The summed E-state index contributed by atoms with van der Waals surface area (Å²) in [6.45, 7) is 0.391. The second-order valence-electron chi connectivity index (χ2n) is 4.73. The van der Waals surface area contributed by atoms with Crippen molar-refractivity contribution < 1.29 is 18.7 Å². The van der Waals surface area contributed by atoms with Gasteiger partial charge < -0.3 is 10.0 Å². The molecule has 5 heteroatoms. The zero-order valence-corrected chi connectivity index (χ0v) is 9.90. The highest BCUT2D eigenvalue weighted by Crippen LogP contribution is 2.30.